The van der Waals surface area contributed by atoms with Crippen LogP contribution in [0.2, 0.25) is 0 Å². The maximum atomic E-state index is 11.8. The highest BCUT2D eigenvalue weighted by molar-refractivity contribution is 5.84. The molecule has 3 aromatic carbocycles. The second-order valence-electron chi connectivity index (χ2n) is 5.73. The van der Waals surface area contributed by atoms with E-state index in [1.54, 1.807) is 0 Å². The van der Waals surface area contributed by atoms with Crippen molar-refractivity contribution in [2.45, 2.75) is 13.2 Å². The first-order valence-corrected chi connectivity index (χ1v) is 8.40. The number of nitrogens with one attached hydrogen (secondary N) is 3. The second kappa shape index (κ2) is 9.25. The number of hydrazine groups is 1. The third-order valence-electron chi connectivity index (χ3n) is 3.71. The number of hydrogen-bond acceptors (Lipinski definition) is 4. The van der Waals surface area contributed by atoms with Gasteiger partial charge in [0.25, 0.3) is 0 Å². The summed E-state index contributed by atoms with van der Waals surface area (Å²) in [5.74, 6) is 0. The van der Waals surface area contributed by atoms with Gasteiger partial charge in [-0.05, 0) is 35.4 Å². The minimum atomic E-state index is -0.467. The molecule has 0 saturated carbocycles. The van der Waals surface area contributed by atoms with Gasteiger partial charge in [0.1, 0.15) is 6.61 Å². The lowest BCUT2D eigenvalue weighted by molar-refractivity contribution is 0.155. The maximum absolute atomic E-state index is 11.8. The summed E-state index contributed by atoms with van der Waals surface area (Å²) in [6.45, 7) is 0.910. The minimum Gasteiger partial charge on any atom is -0.444 e. The van der Waals surface area contributed by atoms with E-state index in [1.165, 1.54) is 0 Å². The Morgan fingerprint density at radius 3 is 2.08 bits per heavy atom. The lowest BCUT2D eigenvalue weighted by Gasteiger charge is -2.10. The number of carbonyl (C=O) groups is 1. The molecule has 0 unspecified atom stereocenters. The summed E-state index contributed by atoms with van der Waals surface area (Å²) in [4.78, 5) is 11.8. The van der Waals surface area contributed by atoms with Gasteiger partial charge in [-0.1, -0.05) is 60.7 Å². The predicted molar refractivity (Wildman–Crippen MR) is 104 cm³/mol. The smallest absolute Gasteiger partial charge is 0.411 e. The van der Waals surface area contributed by atoms with Gasteiger partial charge in [0.15, 0.2) is 0 Å². The summed E-state index contributed by atoms with van der Waals surface area (Å²) in [6.07, 6.45) is -0.467. The molecular weight excluding hydrogens is 326 g/mol. The van der Waals surface area contributed by atoms with Crippen molar-refractivity contribution in [3.8, 4) is 0 Å². The van der Waals surface area contributed by atoms with Gasteiger partial charge < -0.3 is 10.2 Å². The summed E-state index contributed by atoms with van der Waals surface area (Å²) < 4.78 is 5.20. The molecule has 0 heterocycles. The SMILES string of the molecule is O=C(Nc1ccc(CNNc2ccccc2)cc1)OCc1ccccc1. The molecule has 132 valence electrons. The molecule has 3 N–H and O–H groups in total. The zero-order valence-corrected chi connectivity index (χ0v) is 14.3. The van der Waals surface area contributed by atoms with Gasteiger partial charge in [0, 0.05) is 17.9 Å². The highest BCUT2D eigenvalue weighted by atomic mass is 16.5. The summed E-state index contributed by atoms with van der Waals surface area (Å²) in [5.41, 5.74) is 10.0. The fourth-order valence-electron chi connectivity index (χ4n) is 2.35. The molecule has 0 atom stereocenters. The van der Waals surface area contributed by atoms with Crippen molar-refractivity contribution in [2.24, 2.45) is 0 Å². The van der Waals surface area contributed by atoms with Crippen molar-refractivity contribution >= 4 is 17.5 Å². The van der Waals surface area contributed by atoms with Crippen LogP contribution in [0.25, 0.3) is 0 Å². The van der Waals surface area contributed by atoms with Crippen LogP contribution in [0.15, 0.2) is 84.9 Å². The van der Waals surface area contributed by atoms with E-state index in [4.69, 9.17) is 4.74 Å². The normalized spacial score (nSPS) is 10.2. The van der Waals surface area contributed by atoms with Crippen LogP contribution in [0.1, 0.15) is 11.1 Å². The Bertz CT molecular complexity index is 806. The Balaban J connectivity index is 1.41. The van der Waals surface area contributed by atoms with Crippen molar-refractivity contribution in [1.82, 2.24) is 5.43 Å². The van der Waals surface area contributed by atoms with Crippen LogP contribution in [0, 0.1) is 0 Å². The quantitative estimate of drug-likeness (QED) is 0.549. The van der Waals surface area contributed by atoms with E-state index >= 15 is 0 Å². The molecule has 26 heavy (non-hydrogen) atoms. The van der Waals surface area contributed by atoms with E-state index in [9.17, 15) is 4.79 Å². The standard InChI is InChI=1S/C21H21N3O2/c25-21(26-16-18-7-3-1-4-8-18)23-19-13-11-17(12-14-19)15-22-24-20-9-5-2-6-10-20/h1-14,22,24H,15-16H2,(H,23,25). The lowest BCUT2D eigenvalue weighted by Crippen LogP contribution is -2.20. The number of anilines is 2. The van der Waals surface area contributed by atoms with Crippen molar-refractivity contribution < 1.29 is 9.53 Å². The number of rotatable bonds is 7. The topological polar surface area (TPSA) is 62.4 Å². The Hall–Kier alpha value is -3.31. The number of amides is 1. The number of carbonyl (C=O) groups excluding carboxylic acids is 1. The summed E-state index contributed by atoms with van der Waals surface area (Å²) >= 11 is 0. The molecule has 0 fully saturated rings. The van der Waals surface area contributed by atoms with Crippen molar-refractivity contribution in [3.05, 3.63) is 96.1 Å². The van der Waals surface area contributed by atoms with Gasteiger partial charge >= 0.3 is 6.09 Å². The molecule has 0 aromatic heterocycles. The maximum Gasteiger partial charge on any atom is 0.411 e. The number of benzene rings is 3. The largest absolute Gasteiger partial charge is 0.444 e. The predicted octanol–water partition coefficient (Wildman–Crippen LogP) is 4.55. The highest BCUT2D eigenvalue weighted by Crippen LogP contribution is 2.11. The van der Waals surface area contributed by atoms with Gasteiger partial charge in [-0.3, -0.25) is 5.32 Å². The lowest BCUT2D eigenvalue weighted by atomic mass is 10.2. The molecule has 3 rings (SSSR count). The summed E-state index contributed by atoms with van der Waals surface area (Å²) in [5, 5.41) is 2.72. The van der Waals surface area contributed by atoms with Crippen molar-refractivity contribution in [2.75, 3.05) is 10.7 Å². The van der Waals surface area contributed by atoms with E-state index < -0.39 is 6.09 Å². The van der Waals surface area contributed by atoms with E-state index in [0.717, 1.165) is 16.8 Å². The molecule has 5 nitrogen and oxygen atoms in total. The van der Waals surface area contributed by atoms with Gasteiger partial charge in [-0.25, -0.2) is 10.2 Å². The van der Waals surface area contributed by atoms with E-state index in [2.05, 4.69) is 16.2 Å². The molecule has 0 bridgehead atoms. The summed E-state index contributed by atoms with van der Waals surface area (Å²) in [6, 6.07) is 27.1. The molecule has 0 aliphatic heterocycles. The van der Waals surface area contributed by atoms with Gasteiger partial charge in [0.05, 0.1) is 0 Å². The monoisotopic (exact) mass is 347 g/mol. The van der Waals surface area contributed by atoms with E-state index in [1.807, 2.05) is 84.9 Å². The Morgan fingerprint density at radius 2 is 1.38 bits per heavy atom. The molecule has 0 radical (unpaired) electrons. The first kappa shape index (κ1) is 17.5. The number of para-hydroxylation sites is 1. The van der Waals surface area contributed by atoms with Crippen molar-refractivity contribution in [1.29, 1.82) is 0 Å². The molecule has 5 heteroatoms. The van der Waals surface area contributed by atoms with Crippen LogP contribution in [-0.2, 0) is 17.9 Å². The van der Waals surface area contributed by atoms with Crippen LogP contribution in [0.4, 0.5) is 16.2 Å². The van der Waals surface area contributed by atoms with Gasteiger partial charge in [-0.15, -0.1) is 0 Å². The van der Waals surface area contributed by atoms with Crippen molar-refractivity contribution in [3.63, 3.8) is 0 Å². The molecule has 0 saturated heterocycles. The van der Waals surface area contributed by atoms with E-state index in [-0.39, 0.29) is 6.61 Å². The van der Waals surface area contributed by atoms with Crippen LogP contribution < -0.4 is 16.2 Å². The molecule has 1 amide bonds. The number of ether oxygens (including phenoxy) is 1. The Morgan fingerprint density at radius 1 is 0.731 bits per heavy atom. The third-order valence-corrected chi connectivity index (χ3v) is 3.71. The molecular formula is C21H21N3O2. The van der Waals surface area contributed by atoms with Crippen LogP contribution in [-0.4, -0.2) is 6.09 Å². The molecule has 0 aliphatic rings. The van der Waals surface area contributed by atoms with Gasteiger partial charge in [0.2, 0.25) is 0 Å². The van der Waals surface area contributed by atoms with Crippen LogP contribution in [0.5, 0.6) is 0 Å². The van der Waals surface area contributed by atoms with Crippen LogP contribution in [0.3, 0.4) is 0 Å². The Labute approximate surface area is 153 Å². The minimum absolute atomic E-state index is 0.250. The zero-order chi connectivity index (χ0) is 18.0. The molecule has 3 aromatic rings. The fourth-order valence-corrected chi connectivity index (χ4v) is 2.35. The summed E-state index contributed by atoms with van der Waals surface area (Å²) in [7, 11) is 0. The third kappa shape index (κ3) is 5.65. The fraction of sp³-hybridized carbons (Fsp3) is 0.0952. The average molecular weight is 347 g/mol. The van der Waals surface area contributed by atoms with Crippen LogP contribution >= 0.6 is 0 Å². The molecule has 0 aliphatic carbocycles. The average Bonchev–Trinajstić information content (AvgIpc) is 2.69. The molecule has 0 spiro atoms. The first-order valence-electron chi connectivity index (χ1n) is 8.40. The second-order valence-corrected chi connectivity index (χ2v) is 5.73. The van der Waals surface area contributed by atoms with Gasteiger partial charge in [-0.2, -0.15) is 0 Å². The Kier molecular flexibility index (Phi) is 6.23. The highest BCUT2D eigenvalue weighted by Gasteiger charge is 2.04. The number of hydrogen-bond donors (Lipinski definition) is 3. The zero-order valence-electron chi connectivity index (χ0n) is 14.3. The first-order chi connectivity index (χ1) is 12.8. The van der Waals surface area contributed by atoms with E-state index in [0.29, 0.717) is 12.2 Å².